The van der Waals surface area contributed by atoms with Gasteiger partial charge in [0, 0.05) is 18.5 Å². The van der Waals surface area contributed by atoms with Gasteiger partial charge >= 0.3 is 0 Å². The van der Waals surface area contributed by atoms with Crippen molar-refractivity contribution in [1.29, 1.82) is 0 Å². The second kappa shape index (κ2) is 4.12. The number of nitrogens with zero attached hydrogens (tertiary/aromatic N) is 1. The van der Waals surface area contributed by atoms with E-state index in [4.69, 9.17) is 0 Å². The molecule has 3 nitrogen and oxygen atoms in total. The number of carbonyl (C=O) groups excluding carboxylic acids is 1. The van der Waals surface area contributed by atoms with Crippen LogP contribution in [0.5, 0.6) is 0 Å². The molecule has 1 saturated carbocycles. The van der Waals surface area contributed by atoms with Crippen LogP contribution in [0.3, 0.4) is 0 Å². The molecule has 86 valence electrons. The molecular formula is C12H21NO2. The van der Waals surface area contributed by atoms with Crippen LogP contribution < -0.4 is 0 Å². The van der Waals surface area contributed by atoms with Crippen LogP contribution in [0.4, 0.5) is 0 Å². The van der Waals surface area contributed by atoms with Crippen LogP contribution in [0.2, 0.25) is 0 Å². The van der Waals surface area contributed by atoms with E-state index in [1.807, 2.05) is 4.90 Å². The second-order valence-electron chi connectivity index (χ2n) is 5.31. The van der Waals surface area contributed by atoms with Gasteiger partial charge in [0.2, 0.25) is 5.91 Å². The van der Waals surface area contributed by atoms with Crippen molar-refractivity contribution in [2.45, 2.75) is 51.6 Å². The molecule has 1 amide bonds. The first-order valence-electron chi connectivity index (χ1n) is 6.09. The maximum Gasteiger partial charge on any atom is 0.228 e. The lowest BCUT2D eigenvalue weighted by atomic mass is 9.86. The van der Waals surface area contributed by atoms with Gasteiger partial charge in [-0.15, -0.1) is 0 Å². The monoisotopic (exact) mass is 211 g/mol. The van der Waals surface area contributed by atoms with E-state index >= 15 is 0 Å². The number of hydrogen-bond donors (Lipinski definition) is 1. The summed E-state index contributed by atoms with van der Waals surface area (Å²) in [7, 11) is 0. The third-order valence-electron chi connectivity index (χ3n) is 3.91. The minimum Gasteiger partial charge on any atom is -0.391 e. The van der Waals surface area contributed by atoms with E-state index < -0.39 is 0 Å². The zero-order chi connectivity index (χ0) is 10.9. The Morgan fingerprint density at radius 1 is 1.33 bits per heavy atom. The topological polar surface area (TPSA) is 40.5 Å². The van der Waals surface area contributed by atoms with Gasteiger partial charge in [0.1, 0.15) is 0 Å². The van der Waals surface area contributed by atoms with Crippen molar-refractivity contribution in [3.8, 4) is 0 Å². The molecule has 0 spiro atoms. The average molecular weight is 211 g/mol. The van der Waals surface area contributed by atoms with Gasteiger partial charge in [-0.05, 0) is 25.7 Å². The lowest BCUT2D eigenvalue weighted by molar-refractivity contribution is -0.144. The lowest BCUT2D eigenvalue weighted by Crippen LogP contribution is -2.47. The highest BCUT2D eigenvalue weighted by molar-refractivity contribution is 5.82. The first-order chi connectivity index (χ1) is 7.12. The van der Waals surface area contributed by atoms with Gasteiger partial charge in [0.15, 0.2) is 0 Å². The summed E-state index contributed by atoms with van der Waals surface area (Å²) in [5.41, 5.74) is -0.128. The lowest BCUT2D eigenvalue weighted by Gasteiger charge is -2.36. The number of aliphatic hydroxyl groups is 1. The highest BCUT2D eigenvalue weighted by Crippen LogP contribution is 2.39. The maximum atomic E-state index is 12.3. The van der Waals surface area contributed by atoms with Gasteiger partial charge in [-0.2, -0.15) is 0 Å². The summed E-state index contributed by atoms with van der Waals surface area (Å²) in [6.45, 7) is 3.48. The van der Waals surface area contributed by atoms with E-state index in [9.17, 15) is 9.90 Å². The Labute approximate surface area is 91.5 Å². The van der Waals surface area contributed by atoms with E-state index in [0.29, 0.717) is 6.54 Å². The number of carbonyl (C=O) groups is 1. The first kappa shape index (κ1) is 10.9. The van der Waals surface area contributed by atoms with Gasteiger partial charge in [-0.3, -0.25) is 4.79 Å². The Morgan fingerprint density at radius 2 is 2.00 bits per heavy atom. The fourth-order valence-corrected chi connectivity index (χ4v) is 2.89. The second-order valence-corrected chi connectivity index (χ2v) is 5.31. The van der Waals surface area contributed by atoms with Gasteiger partial charge in [0.25, 0.3) is 0 Å². The summed E-state index contributed by atoms with van der Waals surface area (Å²) in [5, 5.41) is 9.56. The van der Waals surface area contributed by atoms with Crippen LogP contribution in [0.1, 0.15) is 45.4 Å². The minimum absolute atomic E-state index is 0.128. The summed E-state index contributed by atoms with van der Waals surface area (Å²) in [6, 6.07) is 0. The van der Waals surface area contributed by atoms with Crippen LogP contribution >= 0.6 is 0 Å². The van der Waals surface area contributed by atoms with E-state index in [-0.39, 0.29) is 17.4 Å². The molecule has 15 heavy (non-hydrogen) atoms. The van der Waals surface area contributed by atoms with Gasteiger partial charge in [-0.25, -0.2) is 0 Å². The molecule has 1 N–H and O–H groups in total. The molecule has 1 aliphatic carbocycles. The molecule has 1 aliphatic heterocycles. The van der Waals surface area contributed by atoms with E-state index in [0.717, 1.165) is 32.2 Å². The SMILES string of the molecule is CC1(C(=O)N2CCC[C@H](O)C2)CCCC1. The molecule has 3 heteroatoms. The molecule has 0 aromatic carbocycles. The van der Waals surface area contributed by atoms with Crippen molar-refractivity contribution < 1.29 is 9.90 Å². The summed E-state index contributed by atoms with van der Waals surface area (Å²) in [6.07, 6.45) is 5.91. The van der Waals surface area contributed by atoms with E-state index in [1.54, 1.807) is 0 Å². The number of amides is 1. The van der Waals surface area contributed by atoms with E-state index in [1.165, 1.54) is 12.8 Å². The molecule has 0 aromatic rings. The number of β-amino-alcohol motifs (C(OH)–C–C–N with tert-alkyl or cyclic N) is 1. The molecule has 2 aliphatic rings. The van der Waals surface area contributed by atoms with Crippen LogP contribution in [-0.2, 0) is 4.79 Å². The smallest absolute Gasteiger partial charge is 0.228 e. The zero-order valence-electron chi connectivity index (χ0n) is 9.54. The summed E-state index contributed by atoms with van der Waals surface area (Å²) in [5.74, 6) is 0.277. The van der Waals surface area contributed by atoms with Gasteiger partial charge < -0.3 is 10.0 Å². The van der Waals surface area contributed by atoms with Crippen molar-refractivity contribution in [2.24, 2.45) is 5.41 Å². The fraction of sp³-hybridized carbons (Fsp3) is 0.917. The van der Waals surface area contributed by atoms with Crippen molar-refractivity contribution in [3.63, 3.8) is 0 Å². The Kier molecular flexibility index (Phi) is 3.01. The molecule has 2 fully saturated rings. The van der Waals surface area contributed by atoms with Crippen LogP contribution in [0.15, 0.2) is 0 Å². The third kappa shape index (κ3) is 2.17. The summed E-state index contributed by atoms with van der Waals surface area (Å²) in [4.78, 5) is 14.2. The fourth-order valence-electron chi connectivity index (χ4n) is 2.89. The molecule has 0 unspecified atom stereocenters. The van der Waals surface area contributed by atoms with Crippen LogP contribution in [0.25, 0.3) is 0 Å². The Hall–Kier alpha value is -0.570. The molecule has 1 atom stereocenters. The van der Waals surface area contributed by atoms with Gasteiger partial charge in [0.05, 0.1) is 6.10 Å². The molecule has 2 rings (SSSR count). The Bertz CT molecular complexity index is 246. The summed E-state index contributed by atoms with van der Waals surface area (Å²) < 4.78 is 0. The average Bonchev–Trinajstić information content (AvgIpc) is 2.65. The molecule has 0 bridgehead atoms. The standard InChI is InChI=1S/C12H21NO2/c1-12(6-2-3-7-12)11(15)13-8-4-5-10(14)9-13/h10,14H,2-9H2,1H3/t10-/m0/s1. The quantitative estimate of drug-likeness (QED) is 0.715. The van der Waals surface area contributed by atoms with Crippen molar-refractivity contribution in [3.05, 3.63) is 0 Å². The number of hydrogen-bond acceptors (Lipinski definition) is 2. The van der Waals surface area contributed by atoms with Crippen molar-refractivity contribution in [2.75, 3.05) is 13.1 Å². The number of likely N-dealkylation sites (tertiary alicyclic amines) is 1. The molecule has 1 saturated heterocycles. The predicted octanol–water partition coefficient (Wildman–Crippen LogP) is 1.55. The maximum absolute atomic E-state index is 12.3. The minimum atomic E-state index is -0.298. The molecular weight excluding hydrogens is 190 g/mol. The van der Waals surface area contributed by atoms with Crippen LogP contribution in [0, 0.1) is 5.41 Å². The predicted molar refractivity (Wildman–Crippen MR) is 58.4 cm³/mol. The highest BCUT2D eigenvalue weighted by Gasteiger charge is 2.39. The van der Waals surface area contributed by atoms with Crippen LogP contribution in [-0.4, -0.2) is 35.1 Å². The van der Waals surface area contributed by atoms with E-state index in [2.05, 4.69) is 6.92 Å². The van der Waals surface area contributed by atoms with Crippen molar-refractivity contribution >= 4 is 5.91 Å². The molecule has 0 radical (unpaired) electrons. The number of aliphatic hydroxyl groups excluding tert-OH is 1. The molecule has 0 aromatic heterocycles. The molecule has 1 heterocycles. The Balaban J connectivity index is 2.00. The largest absolute Gasteiger partial charge is 0.391 e. The zero-order valence-corrected chi connectivity index (χ0v) is 9.54. The third-order valence-corrected chi connectivity index (χ3v) is 3.91. The normalized spacial score (nSPS) is 30.5. The summed E-state index contributed by atoms with van der Waals surface area (Å²) >= 11 is 0. The highest BCUT2D eigenvalue weighted by atomic mass is 16.3. The van der Waals surface area contributed by atoms with Gasteiger partial charge in [-0.1, -0.05) is 19.8 Å². The number of piperidine rings is 1. The Morgan fingerprint density at radius 3 is 2.60 bits per heavy atom. The first-order valence-corrected chi connectivity index (χ1v) is 6.09. The van der Waals surface area contributed by atoms with Crippen molar-refractivity contribution in [1.82, 2.24) is 4.90 Å². The number of rotatable bonds is 1.